The maximum atomic E-state index is 13.0. The fourth-order valence-corrected chi connectivity index (χ4v) is 1.68. The van der Waals surface area contributed by atoms with Crippen molar-refractivity contribution in [3.63, 3.8) is 0 Å². The van der Waals surface area contributed by atoms with Crippen molar-refractivity contribution in [3.8, 4) is 6.07 Å². The van der Waals surface area contributed by atoms with Gasteiger partial charge in [-0.15, -0.1) is 0 Å². The molecule has 0 aromatic heterocycles. The number of carboxylic acid groups (broad SMARTS) is 1. The van der Waals surface area contributed by atoms with Crippen LogP contribution in [-0.4, -0.2) is 16.2 Å². The Morgan fingerprint density at radius 1 is 1.44 bits per heavy atom. The lowest BCUT2D eigenvalue weighted by atomic mass is 9.95. The smallest absolute Gasteiger partial charge is 0.337 e. The number of benzene rings is 1. The Morgan fingerprint density at radius 3 is 2.61 bits per heavy atom. The molecular formula is C12H11F2NO3. The second-order valence-corrected chi connectivity index (χ2v) is 3.62. The lowest BCUT2D eigenvalue weighted by Crippen LogP contribution is -2.14. The molecule has 1 atom stereocenters. The van der Waals surface area contributed by atoms with E-state index in [4.69, 9.17) is 10.4 Å². The average molecular weight is 255 g/mol. The summed E-state index contributed by atoms with van der Waals surface area (Å²) in [7, 11) is 0. The van der Waals surface area contributed by atoms with E-state index >= 15 is 0 Å². The van der Waals surface area contributed by atoms with E-state index in [-0.39, 0.29) is 24.0 Å². The number of carboxylic acids is 1. The van der Waals surface area contributed by atoms with E-state index < -0.39 is 24.1 Å². The second kappa shape index (κ2) is 6.07. The molecule has 18 heavy (non-hydrogen) atoms. The van der Waals surface area contributed by atoms with Crippen LogP contribution in [0.15, 0.2) is 18.2 Å². The zero-order chi connectivity index (χ0) is 13.7. The molecule has 0 radical (unpaired) electrons. The maximum Gasteiger partial charge on any atom is 0.337 e. The van der Waals surface area contributed by atoms with E-state index in [1.54, 1.807) is 0 Å². The molecule has 4 nitrogen and oxygen atoms in total. The number of aliphatic carboxylic acids is 1. The highest BCUT2D eigenvalue weighted by atomic mass is 19.3. The fraction of sp³-hybridized carbons (Fsp3) is 0.333. The van der Waals surface area contributed by atoms with Gasteiger partial charge in [-0.05, 0) is 12.0 Å². The first kappa shape index (κ1) is 14.1. The van der Waals surface area contributed by atoms with Gasteiger partial charge >= 0.3 is 5.97 Å². The number of hydrogen-bond acceptors (Lipinski definition) is 3. The second-order valence-electron chi connectivity index (χ2n) is 3.62. The van der Waals surface area contributed by atoms with Crippen molar-refractivity contribution in [2.45, 2.75) is 25.4 Å². The highest BCUT2D eigenvalue weighted by Crippen LogP contribution is 2.31. The van der Waals surface area contributed by atoms with Crippen molar-refractivity contribution < 1.29 is 23.8 Å². The summed E-state index contributed by atoms with van der Waals surface area (Å²) in [6.45, 7) is 0. The number of aryl methyl sites for hydroxylation is 1. The molecule has 0 spiro atoms. The fourth-order valence-electron chi connectivity index (χ4n) is 1.68. The number of alkyl halides is 2. The number of aliphatic hydroxyl groups is 1. The molecule has 0 saturated carbocycles. The quantitative estimate of drug-likeness (QED) is 0.845. The topological polar surface area (TPSA) is 81.3 Å². The molecular weight excluding hydrogens is 244 g/mol. The number of nitriles is 1. The van der Waals surface area contributed by atoms with Crippen LogP contribution >= 0.6 is 0 Å². The highest BCUT2D eigenvalue weighted by molar-refractivity contribution is 5.74. The molecule has 0 bridgehead atoms. The standard InChI is InChI=1S/C12H11F2NO3/c13-11(14)9-7(4-2-6-15)3-1-5-8(9)10(16)12(17)18/h1,3,5,10-11,16H,2,4H2,(H,17,18). The Labute approximate surface area is 102 Å². The van der Waals surface area contributed by atoms with Gasteiger partial charge < -0.3 is 10.2 Å². The molecule has 0 saturated heterocycles. The van der Waals surface area contributed by atoms with Crippen LogP contribution in [0.3, 0.4) is 0 Å². The minimum Gasteiger partial charge on any atom is -0.479 e. The number of carbonyl (C=O) groups is 1. The van der Waals surface area contributed by atoms with Crippen molar-refractivity contribution in [1.29, 1.82) is 5.26 Å². The predicted octanol–water partition coefficient (Wildman–Crippen LogP) is 2.20. The Kier molecular flexibility index (Phi) is 4.75. The van der Waals surface area contributed by atoms with Gasteiger partial charge in [0.15, 0.2) is 6.10 Å². The molecule has 0 aliphatic carbocycles. The molecule has 0 fully saturated rings. The van der Waals surface area contributed by atoms with Gasteiger partial charge in [-0.2, -0.15) is 5.26 Å². The normalized spacial score (nSPS) is 12.2. The SMILES string of the molecule is N#CCCc1cccc(C(O)C(=O)O)c1C(F)F. The van der Waals surface area contributed by atoms with Crippen molar-refractivity contribution in [1.82, 2.24) is 0 Å². The molecule has 0 aliphatic rings. The van der Waals surface area contributed by atoms with Crippen molar-refractivity contribution in [2.24, 2.45) is 0 Å². The summed E-state index contributed by atoms with van der Waals surface area (Å²) in [4.78, 5) is 10.7. The summed E-state index contributed by atoms with van der Waals surface area (Å²) in [5.74, 6) is -1.59. The van der Waals surface area contributed by atoms with Crippen LogP contribution < -0.4 is 0 Å². The minimum absolute atomic E-state index is 0.0480. The molecule has 0 amide bonds. The molecule has 1 aromatic carbocycles. The van der Waals surface area contributed by atoms with E-state index in [0.29, 0.717) is 0 Å². The number of rotatable bonds is 5. The zero-order valence-electron chi connectivity index (χ0n) is 9.31. The van der Waals surface area contributed by atoms with Crippen LogP contribution in [0.2, 0.25) is 0 Å². The summed E-state index contributed by atoms with van der Waals surface area (Å²) >= 11 is 0. The molecule has 1 unspecified atom stereocenters. The summed E-state index contributed by atoms with van der Waals surface area (Å²) in [6, 6.07) is 5.77. The third kappa shape index (κ3) is 3.02. The van der Waals surface area contributed by atoms with Crippen molar-refractivity contribution >= 4 is 5.97 Å². The molecule has 2 N–H and O–H groups in total. The van der Waals surface area contributed by atoms with Crippen molar-refractivity contribution in [3.05, 3.63) is 34.9 Å². The van der Waals surface area contributed by atoms with Gasteiger partial charge in [0.1, 0.15) is 0 Å². The zero-order valence-corrected chi connectivity index (χ0v) is 9.31. The van der Waals surface area contributed by atoms with E-state index in [1.165, 1.54) is 12.1 Å². The van der Waals surface area contributed by atoms with E-state index in [0.717, 1.165) is 6.07 Å². The summed E-state index contributed by atoms with van der Waals surface area (Å²) in [6.07, 6.45) is -4.75. The number of hydrogen-bond donors (Lipinski definition) is 2. The lowest BCUT2D eigenvalue weighted by Gasteiger charge is -2.15. The van der Waals surface area contributed by atoms with Gasteiger partial charge in [-0.1, -0.05) is 18.2 Å². The maximum absolute atomic E-state index is 13.0. The van der Waals surface area contributed by atoms with Gasteiger partial charge in [-0.25, -0.2) is 13.6 Å². The van der Waals surface area contributed by atoms with Crippen LogP contribution in [-0.2, 0) is 11.2 Å². The van der Waals surface area contributed by atoms with Crippen LogP contribution in [0, 0.1) is 11.3 Å². The molecule has 0 aliphatic heterocycles. The van der Waals surface area contributed by atoms with Gasteiger partial charge in [0.05, 0.1) is 6.07 Å². The number of nitrogens with zero attached hydrogens (tertiary/aromatic N) is 1. The summed E-state index contributed by atoms with van der Waals surface area (Å²) < 4.78 is 25.9. The van der Waals surface area contributed by atoms with Gasteiger partial charge in [0.25, 0.3) is 6.43 Å². The first-order chi connectivity index (χ1) is 8.49. The highest BCUT2D eigenvalue weighted by Gasteiger charge is 2.25. The first-order valence-corrected chi connectivity index (χ1v) is 5.16. The summed E-state index contributed by atoms with van der Waals surface area (Å²) in [5, 5.41) is 26.5. The van der Waals surface area contributed by atoms with E-state index in [9.17, 15) is 18.7 Å². The Hall–Kier alpha value is -2.00. The van der Waals surface area contributed by atoms with Crippen molar-refractivity contribution in [2.75, 3.05) is 0 Å². The minimum atomic E-state index is -2.90. The Balaban J connectivity index is 3.26. The first-order valence-electron chi connectivity index (χ1n) is 5.16. The van der Waals surface area contributed by atoms with E-state index in [2.05, 4.69) is 0 Å². The number of halogens is 2. The molecule has 6 heteroatoms. The number of aliphatic hydroxyl groups excluding tert-OH is 1. The largest absolute Gasteiger partial charge is 0.479 e. The average Bonchev–Trinajstić information content (AvgIpc) is 2.34. The van der Waals surface area contributed by atoms with Crippen LogP contribution in [0.4, 0.5) is 8.78 Å². The predicted molar refractivity (Wildman–Crippen MR) is 57.9 cm³/mol. The molecule has 96 valence electrons. The molecule has 1 rings (SSSR count). The third-order valence-electron chi connectivity index (χ3n) is 2.48. The van der Waals surface area contributed by atoms with Gasteiger partial charge in [0, 0.05) is 17.5 Å². The van der Waals surface area contributed by atoms with Gasteiger partial charge in [0.2, 0.25) is 0 Å². The Bertz CT molecular complexity index is 483. The lowest BCUT2D eigenvalue weighted by molar-refractivity contribution is -0.147. The van der Waals surface area contributed by atoms with E-state index in [1.807, 2.05) is 6.07 Å². The Morgan fingerprint density at radius 2 is 2.11 bits per heavy atom. The summed E-state index contributed by atoms with van der Waals surface area (Å²) in [5.41, 5.74) is -0.639. The third-order valence-corrected chi connectivity index (χ3v) is 2.48. The molecule has 0 heterocycles. The monoisotopic (exact) mass is 255 g/mol. The van der Waals surface area contributed by atoms with Crippen LogP contribution in [0.5, 0.6) is 0 Å². The van der Waals surface area contributed by atoms with Crippen LogP contribution in [0.25, 0.3) is 0 Å². The van der Waals surface area contributed by atoms with Gasteiger partial charge in [-0.3, -0.25) is 0 Å². The van der Waals surface area contributed by atoms with Crippen LogP contribution in [0.1, 0.15) is 35.6 Å². The molecule has 1 aromatic rings.